The maximum Gasteiger partial charge on any atom is 0.188 e. The van der Waals surface area contributed by atoms with Crippen molar-refractivity contribution in [2.45, 2.75) is 76.7 Å². The Morgan fingerprint density at radius 3 is 2.19 bits per heavy atom. The predicted molar refractivity (Wildman–Crippen MR) is 74.4 cm³/mol. The molecular weight excluding hydrogens is 272 g/mol. The Bertz CT molecular complexity index is 461. The Balaban J connectivity index is 1.61. The van der Waals surface area contributed by atoms with Crippen LogP contribution in [0.2, 0.25) is 0 Å². The monoisotopic (exact) mass is 296 g/mol. The van der Waals surface area contributed by atoms with Crippen molar-refractivity contribution in [2.75, 3.05) is 6.61 Å². The second kappa shape index (κ2) is 4.30. The summed E-state index contributed by atoms with van der Waals surface area (Å²) in [6.07, 6.45) is 5.85. The van der Waals surface area contributed by atoms with E-state index in [1.165, 1.54) is 0 Å². The molecule has 4 atom stereocenters. The lowest BCUT2D eigenvalue weighted by molar-refractivity contribution is -0.236. The minimum absolute atomic E-state index is 0.0418. The maximum atomic E-state index is 6.24. The number of ether oxygens (including phenoxy) is 5. The molecule has 118 valence electrons. The SMILES string of the molecule is CC1(C)OCC(C2OC3OC(C)(C)O[C@H]3C23CC=CC3)O1. The molecule has 0 aromatic rings. The first-order valence-corrected chi connectivity index (χ1v) is 7.79. The summed E-state index contributed by atoms with van der Waals surface area (Å²) in [6, 6.07) is 0. The fraction of sp³-hybridized carbons (Fsp3) is 0.875. The van der Waals surface area contributed by atoms with Crippen LogP contribution < -0.4 is 0 Å². The van der Waals surface area contributed by atoms with Gasteiger partial charge in [-0.3, -0.25) is 0 Å². The number of fused-ring (bicyclic) bond motifs is 2. The average Bonchev–Trinajstić information content (AvgIpc) is 3.08. The molecule has 0 saturated carbocycles. The molecule has 0 aromatic heterocycles. The van der Waals surface area contributed by atoms with Crippen LogP contribution in [0.15, 0.2) is 12.2 Å². The summed E-state index contributed by atoms with van der Waals surface area (Å²) >= 11 is 0. The summed E-state index contributed by atoms with van der Waals surface area (Å²) in [7, 11) is 0. The Morgan fingerprint density at radius 2 is 1.57 bits per heavy atom. The maximum absolute atomic E-state index is 6.24. The van der Waals surface area contributed by atoms with Gasteiger partial charge in [0, 0.05) is 5.41 Å². The quantitative estimate of drug-likeness (QED) is 0.695. The van der Waals surface area contributed by atoms with E-state index in [4.69, 9.17) is 23.7 Å². The van der Waals surface area contributed by atoms with Crippen molar-refractivity contribution in [3.05, 3.63) is 12.2 Å². The molecule has 0 N–H and O–H groups in total. The smallest absolute Gasteiger partial charge is 0.188 e. The largest absolute Gasteiger partial charge is 0.348 e. The fourth-order valence-corrected chi connectivity index (χ4v) is 4.14. The van der Waals surface area contributed by atoms with E-state index in [1.54, 1.807) is 0 Å². The van der Waals surface area contributed by atoms with Gasteiger partial charge in [-0.1, -0.05) is 12.2 Å². The number of allylic oxidation sites excluding steroid dienone is 2. The van der Waals surface area contributed by atoms with Crippen LogP contribution in [0.5, 0.6) is 0 Å². The van der Waals surface area contributed by atoms with Crippen LogP contribution in [0.3, 0.4) is 0 Å². The summed E-state index contributed by atoms with van der Waals surface area (Å²) in [5, 5.41) is 0. The topological polar surface area (TPSA) is 46.2 Å². The van der Waals surface area contributed by atoms with Gasteiger partial charge in [0.1, 0.15) is 12.2 Å². The van der Waals surface area contributed by atoms with Gasteiger partial charge in [0.25, 0.3) is 0 Å². The van der Waals surface area contributed by atoms with E-state index in [1.807, 2.05) is 27.7 Å². The molecule has 3 saturated heterocycles. The summed E-state index contributed by atoms with van der Waals surface area (Å²) in [5.41, 5.74) is -0.0904. The van der Waals surface area contributed by atoms with Crippen molar-refractivity contribution in [3.8, 4) is 0 Å². The molecule has 0 radical (unpaired) electrons. The normalized spacial score (nSPS) is 45.5. The van der Waals surface area contributed by atoms with Crippen LogP contribution in [-0.4, -0.2) is 42.8 Å². The molecule has 3 heterocycles. The average molecular weight is 296 g/mol. The second-order valence-corrected chi connectivity index (χ2v) is 7.46. The van der Waals surface area contributed by atoms with Crippen molar-refractivity contribution in [2.24, 2.45) is 5.41 Å². The molecule has 4 aliphatic rings. The summed E-state index contributed by atoms with van der Waals surface area (Å²) in [6.45, 7) is 8.33. The zero-order valence-electron chi connectivity index (χ0n) is 13.1. The van der Waals surface area contributed by atoms with Crippen LogP contribution in [0.1, 0.15) is 40.5 Å². The van der Waals surface area contributed by atoms with E-state index < -0.39 is 11.6 Å². The number of hydrogen-bond donors (Lipinski definition) is 0. The van der Waals surface area contributed by atoms with Crippen LogP contribution in [0.25, 0.3) is 0 Å². The van der Waals surface area contributed by atoms with Gasteiger partial charge in [-0.2, -0.15) is 0 Å². The van der Waals surface area contributed by atoms with E-state index in [-0.39, 0.29) is 30.0 Å². The van der Waals surface area contributed by atoms with Gasteiger partial charge in [0.2, 0.25) is 0 Å². The lowest BCUT2D eigenvalue weighted by atomic mass is 9.74. The van der Waals surface area contributed by atoms with Crippen molar-refractivity contribution in [3.63, 3.8) is 0 Å². The standard InChI is InChI=1S/C16H24O5/c1-14(2)17-9-10(19-14)11-16(7-5-6-8-16)12-13(18-11)21-15(3,4)20-12/h5-6,10-13H,7-9H2,1-4H3/t10?,11?,12-,13?/m1/s1. The molecule has 0 aromatic carbocycles. The zero-order chi connectivity index (χ0) is 14.9. The first kappa shape index (κ1) is 14.2. The molecule has 5 nitrogen and oxygen atoms in total. The Morgan fingerprint density at radius 1 is 0.857 bits per heavy atom. The van der Waals surface area contributed by atoms with Crippen LogP contribution >= 0.6 is 0 Å². The highest BCUT2D eigenvalue weighted by atomic mass is 16.8. The lowest BCUT2D eigenvalue weighted by Gasteiger charge is -2.37. The molecule has 3 unspecified atom stereocenters. The number of hydrogen-bond acceptors (Lipinski definition) is 5. The minimum atomic E-state index is -0.581. The van der Waals surface area contributed by atoms with E-state index in [2.05, 4.69) is 12.2 Å². The molecule has 0 amide bonds. The molecule has 3 aliphatic heterocycles. The van der Waals surface area contributed by atoms with Gasteiger partial charge in [0.05, 0.1) is 12.7 Å². The van der Waals surface area contributed by atoms with Crippen LogP contribution in [0, 0.1) is 5.41 Å². The minimum Gasteiger partial charge on any atom is -0.348 e. The van der Waals surface area contributed by atoms with E-state index in [0.717, 1.165) is 12.8 Å². The van der Waals surface area contributed by atoms with E-state index in [0.29, 0.717) is 6.61 Å². The molecule has 1 aliphatic carbocycles. The summed E-state index contributed by atoms with van der Waals surface area (Å²) in [5.74, 6) is -1.12. The highest BCUT2D eigenvalue weighted by molar-refractivity contribution is 5.16. The Kier molecular flexibility index (Phi) is 2.90. The van der Waals surface area contributed by atoms with Crippen molar-refractivity contribution < 1.29 is 23.7 Å². The zero-order valence-corrected chi connectivity index (χ0v) is 13.1. The molecule has 21 heavy (non-hydrogen) atoms. The van der Waals surface area contributed by atoms with Gasteiger partial charge in [-0.25, -0.2) is 0 Å². The third kappa shape index (κ3) is 2.10. The van der Waals surface area contributed by atoms with Gasteiger partial charge in [-0.15, -0.1) is 0 Å². The molecule has 5 heteroatoms. The van der Waals surface area contributed by atoms with Crippen molar-refractivity contribution in [1.29, 1.82) is 0 Å². The predicted octanol–water partition coefficient (Wildman–Crippen LogP) is 2.35. The van der Waals surface area contributed by atoms with E-state index in [9.17, 15) is 0 Å². The third-order valence-electron chi connectivity index (χ3n) is 5.00. The Hall–Kier alpha value is -0.460. The highest BCUT2D eigenvalue weighted by Gasteiger charge is 2.65. The molecule has 4 rings (SSSR count). The lowest BCUT2D eigenvalue weighted by Crippen LogP contribution is -2.47. The van der Waals surface area contributed by atoms with Gasteiger partial charge < -0.3 is 23.7 Å². The van der Waals surface area contributed by atoms with Gasteiger partial charge in [0.15, 0.2) is 17.9 Å². The van der Waals surface area contributed by atoms with Gasteiger partial charge >= 0.3 is 0 Å². The van der Waals surface area contributed by atoms with Crippen LogP contribution in [0.4, 0.5) is 0 Å². The van der Waals surface area contributed by atoms with Crippen LogP contribution in [-0.2, 0) is 23.7 Å². The highest BCUT2D eigenvalue weighted by Crippen LogP contribution is 2.56. The van der Waals surface area contributed by atoms with Crippen molar-refractivity contribution >= 4 is 0 Å². The third-order valence-corrected chi connectivity index (χ3v) is 5.00. The fourth-order valence-electron chi connectivity index (χ4n) is 4.14. The first-order chi connectivity index (χ1) is 9.81. The van der Waals surface area contributed by atoms with E-state index >= 15 is 0 Å². The molecule has 1 spiro atoms. The van der Waals surface area contributed by atoms with Gasteiger partial charge in [-0.05, 0) is 40.5 Å². The first-order valence-electron chi connectivity index (χ1n) is 7.79. The summed E-state index contributed by atoms with van der Waals surface area (Å²) < 4.78 is 30.1. The summed E-state index contributed by atoms with van der Waals surface area (Å²) in [4.78, 5) is 0. The van der Waals surface area contributed by atoms with Crippen molar-refractivity contribution in [1.82, 2.24) is 0 Å². The second-order valence-electron chi connectivity index (χ2n) is 7.46. The number of rotatable bonds is 1. The molecular formula is C16H24O5. The molecule has 0 bridgehead atoms. The molecule has 3 fully saturated rings. The Labute approximate surface area is 125 Å².